The summed E-state index contributed by atoms with van der Waals surface area (Å²) in [7, 11) is -3.34. The highest BCUT2D eigenvalue weighted by Crippen LogP contribution is 2.46. The van der Waals surface area contributed by atoms with Gasteiger partial charge >= 0.3 is 0 Å². The minimum absolute atomic E-state index is 0.141. The molecule has 92 valence electrons. The van der Waals surface area contributed by atoms with Gasteiger partial charge in [-0.15, -0.1) is 0 Å². The van der Waals surface area contributed by atoms with E-state index >= 15 is 0 Å². The van der Waals surface area contributed by atoms with Gasteiger partial charge in [0.05, 0.1) is 18.1 Å². The van der Waals surface area contributed by atoms with Gasteiger partial charge in [0.2, 0.25) is 5.79 Å². The van der Waals surface area contributed by atoms with Gasteiger partial charge in [0.1, 0.15) is 5.75 Å². The van der Waals surface area contributed by atoms with Gasteiger partial charge in [0, 0.05) is 14.5 Å². The quantitative estimate of drug-likeness (QED) is 0.689. The molecule has 0 radical (unpaired) electrons. The molecule has 2 aliphatic rings. The second-order valence-electron chi connectivity index (χ2n) is 3.97. The molecular weight excluding hydrogens is 376 g/mol. The first-order valence-electron chi connectivity index (χ1n) is 4.95. The fourth-order valence-corrected chi connectivity index (χ4v) is 4.85. The van der Waals surface area contributed by atoms with Crippen molar-refractivity contribution in [2.45, 2.75) is 10.7 Å². The molecule has 1 saturated heterocycles. The Morgan fingerprint density at radius 1 is 1.12 bits per heavy atom. The van der Waals surface area contributed by atoms with Gasteiger partial charge in [0.25, 0.3) is 0 Å². The van der Waals surface area contributed by atoms with Crippen LogP contribution in [0.4, 0.5) is 0 Å². The predicted molar refractivity (Wildman–Crippen MR) is 67.5 cm³/mol. The molecule has 2 aliphatic heterocycles. The maximum atomic E-state index is 12.1. The fraction of sp³-hybridized carbons (Fsp3) is 0.400. The molecule has 1 spiro atoms. The van der Waals surface area contributed by atoms with Crippen LogP contribution in [0.5, 0.6) is 0 Å². The van der Waals surface area contributed by atoms with Crippen LogP contribution >= 0.6 is 31.9 Å². The first-order chi connectivity index (χ1) is 7.95. The Balaban J connectivity index is 2.30. The van der Waals surface area contributed by atoms with E-state index in [-0.39, 0.29) is 10.6 Å². The van der Waals surface area contributed by atoms with Gasteiger partial charge < -0.3 is 9.47 Å². The summed E-state index contributed by atoms with van der Waals surface area (Å²) in [6.07, 6.45) is 0. The Morgan fingerprint density at radius 2 is 1.71 bits per heavy atom. The van der Waals surface area contributed by atoms with Gasteiger partial charge in [-0.05, 0) is 44.0 Å². The lowest BCUT2D eigenvalue weighted by Gasteiger charge is -2.21. The van der Waals surface area contributed by atoms with E-state index in [2.05, 4.69) is 31.9 Å². The monoisotopic (exact) mass is 382 g/mol. The van der Waals surface area contributed by atoms with Crippen LogP contribution in [-0.4, -0.2) is 27.4 Å². The molecule has 0 bridgehead atoms. The lowest BCUT2D eigenvalue weighted by atomic mass is 10.1. The summed E-state index contributed by atoms with van der Waals surface area (Å²) in [6, 6.07) is 3.34. The minimum Gasteiger partial charge on any atom is -0.343 e. The van der Waals surface area contributed by atoms with Crippen LogP contribution in [0, 0.1) is 0 Å². The molecule has 3 rings (SSSR count). The Bertz CT molecular complexity index is 591. The summed E-state index contributed by atoms with van der Waals surface area (Å²) in [5.41, 5.74) is 0.588. The number of rotatable bonds is 0. The van der Waals surface area contributed by atoms with E-state index in [1.165, 1.54) is 0 Å². The molecule has 1 aromatic rings. The number of benzene rings is 1. The molecule has 0 unspecified atom stereocenters. The van der Waals surface area contributed by atoms with Crippen molar-refractivity contribution in [2.75, 3.05) is 19.0 Å². The number of fused-ring (bicyclic) bond motifs is 2. The Labute approximate surface area is 115 Å². The fourth-order valence-electron chi connectivity index (χ4n) is 2.18. The van der Waals surface area contributed by atoms with E-state index in [0.29, 0.717) is 23.2 Å². The first kappa shape index (κ1) is 12.1. The summed E-state index contributed by atoms with van der Waals surface area (Å²) in [4.78, 5) is 0.287. The second-order valence-corrected chi connectivity index (χ2v) is 7.64. The summed E-state index contributed by atoms with van der Waals surface area (Å²) in [6.45, 7) is 0.839. The third-order valence-electron chi connectivity index (χ3n) is 2.90. The molecule has 7 heteroatoms. The van der Waals surface area contributed by atoms with E-state index < -0.39 is 15.6 Å². The molecule has 0 amide bonds. The van der Waals surface area contributed by atoms with Crippen molar-refractivity contribution in [1.29, 1.82) is 0 Å². The lowest BCUT2D eigenvalue weighted by molar-refractivity contribution is -0.145. The van der Waals surface area contributed by atoms with Gasteiger partial charge in [-0.25, -0.2) is 8.42 Å². The van der Waals surface area contributed by atoms with Crippen LogP contribution in [0.15, 0.2) is 26.0 Å². The van der Waals surface area contributed by atoms with E-state index in [9.17, 15) is 8.42 Å². The van der Waals surface area contributed by atoms with Crippen molar-refractivity contribution in [1.82, 2.24) is 0 Å². The molecule has 4 nitrogen and oxygen atoms in total. The van der Waals surface area contributed by atoms with Crippen LogP contribution in [0.1, 0.15) is 5.56 Å². The molecule has 0 N–H and O–H groups in total. The molecule has 1 fully saturated rings. The smallest absolute Gasteiger partial charge is 0.211 e. The van der Waals surface area contributed by atoms with Crippen LogP contribution in [0.3, 0.4) is 0 Å². The molecule has 2 heterocycles. The van der Waals surface area contributed by atoms with Gasteiger partial charge in [0.15, 0.2) is 9.84 Å². The van der Waals surface area contributed by atoms with Gasteiger partial charge in [-0.3, -0.25) is 0 Å². The highest BCUT2D eigenvalue weighted by molar-refractivity contribution is 9.13. The number of halogens is 2. The normalized spacial score (nSPS) is 24.1. The van der Waals surface area contributed by atoms with Crippen LogP contribution in [0.2, 0.25) is 0 Å². The average molecular weight is 384 g/mol. The number of hydrogen-bond acceptors (Lipinski definition) is 4. The largest absolute Gasteiger partial charge is 0.343 e. The average Bonchev–Trinajstić information content (AvgIpc) is 2.76. The zero-order valence-corrected chi connectivity index (χ0v) is 12.6. The first-order valence-corrected chi connectivity index (χ1v) is 8.19. The van der Waals surface area contributed by atoms with Crippen molar-refractivity contribution in [3.8, 4) is 0 Å². The molecule has 0 saturated carbocycles. The highest BCUT2D eigenvalue weighted by atomic mass is 79.9. The Kier molecular flexibility index (Phi) is 2.68. The zero-order valence-electron chi connectivity index (χ0n) is 8.57. The van der Waals surface area contributed by atoms with Crippen molar-refractivity contribution < 1.29 is 17.9 Å². The summed E-state index contributed by atoms with van der Waals surface area (Å²) < 4.78 is 36.7. The molecular formula is C10H8Br2O4S. The molecule has 17 heavy (non-hydrogen) atoms. The Morgan fingerprint density at radius 3 is 2.35 bits per heavy atom. The molecule has 0 atom stereocenters. The topological polar surface area (TPSA) is 52.6 Å². The standard InChI is InChI=1S/C10H8Br2O4S/c11-7-3-6-9(4-8(7)12)17(13,14)5-10(6)15-1-2-16-10/h3-4H,1-2,5H2. The number of sulfone groups is 1. The second kappa shape index (κ2) is 3.77. The molecule has 0 aliphatic carbocycles. The number of hydrogen-bond donors (Lipinski definition) is 0. The third-order valence-corrected chi connectivity index (χ3v) is 6.51. The van der Waals surface area contributed by atoms with Crippen LogP contribution in [-0.2, 0) is 25.1 Å². The lowest BCUT2D eigenvalue weighted by Crippen LogP contribution is -2.29. The Hall–Kier alpha value is 0.0500. The highest BCUT2D eigenvalue weighted by Gasteiger charge is 2.52. The van der Waals surface area contributed by atoms with Gasteiger partial charge in [-0.1, -0.05) is 0 Å². The van der Waals surface area contributed by atoms with Crippen molar-refractivity contribution in [3.05, 3.63) is 26.6 Å². The molecule has 1 aromatic carbocycles. The third kappa shape index (κ3) is 1.71. The van der Waals surface area contributed by atoms with E-state index in [1.54, 1.807) is 12.1 Å². The van der Waals surface area contributed by atoms with Crippen LogP contribution in [0.25, 0.3) is 0 Å². The minimum atomic E-state index is -3.34. The van der Waals surface area contributed by atoms with Crippen molar-refractivity contribution >= 4 is 41.7 Å². The predicted octanol–water partition coefficient (Wildman–Crippen LogP) is 2.20. The SMILES string of the molecule is O=S1(=O)CC2(OCCO2)c2cc(Br)c(Br)cc21. The van der Waals surface area contributed by atoms with Crippen molar-refractivity contribution in [2.24, 2.45) is 0 Å². The van der Waals surface area contributed by atoms with E-state index in [1.807, 2.05) is 0 Å². The van der Waals surface area contributed by atoms with Crippen LogP contribution < -0.4 is 0 Å². The molecule has 0 aromatic heterocycles. The van der Waals surface area contributed by atoms with Gasteiger partial charge in [-0.2, -0.15) is 0 Å². The zero-order chi connectivity index (χ0) is 12.3. The summed E-state index contributed by atoms with van der Waals surface area (Å²) >= 11 is 6.67. The maximum absolute atomic E-state index is 12.1. The van der Waals surface area contributed by atoms with Crippen molar-refractivity contribution in [3.63, 3.8) is 0 Å². The number of ether oxygens (including phenoxy) is 2. The van der Waals surface area contributed by atoms with E-state index in [4.69, 9.17) is 9.47 Å². The summed E-state index contributed by atoms with van der Waals surface area (Å²) in [5.74, 6) is -1.24. The van der Waals surface area contributed by atoms with E-state index in [0.717, 1.165) is 4.47 Å². The summed E-state index contributed by atoms with van der Waals surface area (Å²) in [5, 5.41) is 0. The maximum Gasteiger partial charge on any atom is 0.211 e.